The van der Waals surface area contributed by atoms with Crippen LogP contribution in [0.25, 0.3) is 0 Å². The molecule has 22 heavy (non-hydrogen) atoms. The highest BCUT2D eigenvalue weighted by molar-refractivity contribution is 7.80. The number of hydrazone groups is 1. The Bertz CT molecular complexity index is 514. The fourth-order valence-electron chi connectivity index (χ4n) is 2.93. The summed E-state index contributed by atoms with van der Waals surface area (Å²) >= 11 is 5.18. The van der Waals surface area contributed by atoms with Crippen LogP contribution in [0.3, 0.4) is 0 Å². The van der Waals surface area contributed by atoms with Gasteiger partial charge in [-0.2, -0.15) is 5.10 Å². The van der Waals surface area contributed by atoms with Crippen molar-refractivity contribution in [2.45, 2.75) is 64.8 Å². The Hall–Kier alpha value is -1.42. The van der Waals surface area contributed by atoms with E-state index < -0.39 is 0 Å². The summed E-state index contributed by atoms with van der Waals surface area (Å²) in [6.45, 7) is 6.10. The maximum absolute atomic E-state index is 5.18. The van der Waals surface area contributed by atoms with E-state index in [9.17, 15) is 0 Å². The second-order valence-electron chi connectivity index (χ2n) is 6.39. The highest BCUT2D eigenvalue weighted by Gasteiger charge is 2.15. The minimum Gasteiger partial charge on any atom is -0.359 e. The monoisotopic (exact) mass is 317 g/mol. The van der Waals surface area contributed by atoms with Gasteiger partial charge in [-0.15, -0.1) is 0 Å². The van der Waals surface area contributed by atoms with Gasteiger partial charge in [0.1, 0.15) is 0 Å². The van der Waals surface area contributed by atoms with Crippen LogP contribution in [-0.4, -0.2) is 16.9 Å². The van der Waals surface area contributed by atoms with E-state index in [1.165, 1.54) is 37.7 Å². The van der Waals surface area contributed by atoms with Crippen LogP contribution in [0.15, 0.2) is 29.4 Å². The first-order valence-electron chi connectivity index (χ1n) is 8.27. The zero-order chi connectivity index (χ0) is 15.9. The van der Waals surface area contributed by atoms with E-state index in [0.29, 0.717) is 11.2 Å². The SMILES string of the molecule is C/C(=N\NC(=S)NC(C)C)c1ccc(C2CCCCC2)cc1. The van der Waals surface area contributed by atoms with Gasteiger partial charge in [0.05, 0.1) is 5.71 Å². The van der Waals surface area contributed by atoms with Crippen LogP contribution in [0, 0.1) is 0 Å². The first-order valence-corrected chi connectivity index (χ1v) is 8.68. The van der Waals surface area contributed by atoms with Gasteiger partial charge in [0.15, 0.2) is 5.11 Å². The molecule has 0 spiro atoms. The van der Waals surface area contributed by atoms with Gasteiger partial charge in [-0.1, -0.05) is 43.5 Å². The summed E-state index contributed by atoms with van der Waals surface area (Å²) in [7, 11) is 0. The number of hydrogen-bond acceptors (Lipinski definition) is 2. The van der Waals surface area contributed by atoms with Gasteiger partial charge in [-0.25, -0.2) is 0 Å². The van der Waals surface area contributed by atoms with Gasteiger partial charge in [0.25, 0.3) is 0 Å². The first kappa shape index (κ1) is 16.9. The van der Waals surface area contributed by atoms with E-state index >= 15 is 0 Å². The lowest BCUT2D eigenvalue weighted by atomic mass is 9.84. The largest absolute Gasteiger partial charge is 0.359 e. The summed E-state index contributed by atoms with van der Waals surface area (Å²) in [5, 5.41) is 8.03. The molecule has 2 N–H and O–H groups in total. The van der Waals surface area contributed by atoms with Gasteiger partial charge >= 0.3 is 0 Å². The Labute approximate surface area is 139 Å². The minimum atomic E-state index is 0.310. The molecule has 2 rings (SSSR count). The molecule has 4 heteroatoms. The van der Waals surface area contributed by atoms with Crippen molar-refractivity contribution in [2.75, 3.05) is 0 Å². The third kappa shape index (κ3) is 5.09. The highest BCUT2D eigenvalue weighted by atomic mass is 32.1. The quantitative estimate of drug-likeness (QED) is 0.493. The van der Waals surface area contributed by atoms with E-state index in [1.807, 2.05) is 6.92 Å². The lowest BCUT2D eigenvalue weighted by Gasteiger charge is -2.22. The van der Waals surface area contributed by atoms with E-state index in [1.54, 1.807) is 0 Å². The van der Waals surface area contributed by atoms with Gasteiger partial charge in [0, 0.05) is 6.04 Å². The number of rotatable bonds is 4. The summed E-state index contributed by atoms with van der Waals surface area (Å²) in [5.74, 6) is 0.751. The molecule has 0 radical (unpaired) electrons. The second-order valence-corrected chi connectivity index (χ2v) is 6.80. The summed E-state index contributed by atoms with van der Waals surface area (Å²) in [5.41, 5.74) is 6.46. The van der Waals surface area contributed by atoms with Gasteiger partial charge in [-0.3, -0.25) is 5.43 Å². The van der Waals surface area contributed by atoms with Crippen molar-refractivity contribution in [2.24, 2.45) is 5.10 Å². The van der Waals surface area contributed by atoms with Crippen molar-refractivity contribution < 1.29 is 0 Å². The molecule has 1 aromatic carbocycles. The molecule has 0 saturated heterocycles. The Balaban J connectivity index is 1.95. The van der Waals surface area contributed by atoms with Crippen molar-refractivity contribution in [3.05, 3.63) is 35.4 Å². The number of nitrogens with zero attached hydrogens (tertiary/aromatic N) is 1. The van der Waals surface area contributed by atoms with E-state index in [0.717, 1.165) is 17.2 Å². The topological polar surface area (TPSA) is 36.4 Å². The molecule has 0 bridgehead atoms. The Kier molecular flexibility index (Phi) is 6.37. The first-order chi connectivity index (χ1) is 10.6. The molecule has 1 aliphatic rings. The lowest BCUT2D eigenvalue weighted by molar-refractivity contribution is 0.443. The molecule has 1 fully saturated rings. The molecule has 0 aromatic heterocycles. The van der Waals surface area contributed by atoms with Gasteiger partial charge in [0.2, 0.25) is 0 Å². The Morgan fingerprint density at radius 1 is 1.14 bits per heavy atom. The third-order valence-corrected chi connectivity index (χ3v) is 4.36. The minimum absolute atomic E-state index is 0.310. The van der Waals surface area contributed by atoms with Crippen LogP contribution in [0.5, 0.6) is 0 Å². The predicted molar refractivity (Wildman–Crippen MR) is 98.5 cm³/mol. The van der Waals surface area contributed by atoms with Crippen molar-refractivity contribution in [3.63, 3.8) is 0 Å². The van der Waals surface area contributed by atoms with Crippen molar-refractivity contribution in [3.8, 4) is 0 Å². The molecule has 0 amide bonds. The summed E-state index contributed by atoms with van der Waals surface area (Å²) in [6.07, 6.45) is 6.82. The highest BCUT2D eigenvalue weighted by Crippen LogP contribution is 2.32. The molecule has 1 aliphatic carbocycles. The molecule has 0 aliphatic heterocycles. The maximum atomic E-state index is 5.18. The smallest absolute Gasteiger partial charge is 0.187 e. The van der Waals surface area contributed by atoms with Crippen LogP contribution in [0.2, 0.25) is 0 Å². The van der Waals surface area contributed by atoms with Crippen LogP contribution >= 0.6 is 12.2 Å². The Morgan fingerprint density at radius 2 is 1.77 bits per heavy atom. The van der Waals surface area contributed by atoms with Crippen LogP contribution in [0.4, 0.5) is 0 Å². The molecule has 0 atom stereocenters. The molecule has 0 heterocycles. The van der Waals surface area contributed by atoms with E-state index in [2.05, 4.69) is 54.0 Å². The average Bonchev–Trinajstić information content (AvgIpc) is 2.53. The number of benzene rings is 1. The number of nitrogens with one attached hydrogen (secondary N) is 2. The Morgan fingerprint density at radius 3 is 2.36 bits per heavy atom. The fraction of sp³-hybridized carbons (Fsp3) is 0.556. The normalized spacial score (nSPS) is 16.6. The summed E-state index contributed by atoms with van der Waals surface area (Å²) in [6, 6.07) is 9.17. The number of hydrogen-bond donors (Lipinski definition) is 2. The van der Waals surface area contributed by atoms with Crippen molar-refractivity contribution in [1.29, 1.82) is 0 Å². The molecular formula is C18H27N3S. The summed E-state index contributed by atoms with van der Waals surface area (Å²) < 4.78 is 0. The molecular weight excluding hydrogens is 290 g/mol. The van der Waals surface area contributed by atoms with Crippen LogP contribution in [0.1, 0.15) is 69.9 Å². The second kappa shape index (κ2) is 8.28. The molecule has 120 valence electrons. The van der Waals surface area contributed by atoms with Crippen LogP contribution in [-0.2, 0) is 0 Å². The molecule has 1 saturated carbocycles. The van der Waals surface area contributed by atoms with Crippen LogP contribution < -0.4 is 10.7 Å². The molecule has 1 aromatic rings. The maximum Gasteiger partial charge on any atom is 0.187 e. The van der Waals surface area contributed by atoms with Gasteiger partial charge < -0.3 is 5.32 Å². The zero-order valence-electron chi connectivity index (χ0n) is 13.9. The predicted octanol–water partition coefficient (Wildman–Crippen LogP) is 4.33. The lowest BCUT2D eigenvalue weighted by Crippen LogP contribution is -2.37. The average molecular weight is 318 g/mol. The van der Waals surface area contributed by atoms with Crippen molar-refractivity contribution in [1.82, 2.24) is 10.7 Å². The molecule has 0 unspecified atom stereocenters. The van der Waals surface area contributed by atoms with Crippen molar-refractivity contribution >= 4 is 23.0 Å². The number of thiocarbonyl (C=S) groups is 1. The fourth-order valence-corrected chi connectivity index (χ4v) is 3.21. The van der Waals surface area contributed by atoms with E-state index in [-0.39, 0.29) is 0 Å². The summed E-state index contributed by atoms with van der Waals surface area (Å²) in [4.78, 5) is 0. The van der Waals surface area contributed by atoms with E-state index in [4.69, 9.17) is 12.2 Å². The standard InChI is InChI=1S/C18H27N3S/c1-13(2)19-18(22)21-20-14(3)15-9-11-17(12-10-15)16-7-5-4-6-8-16/h9-13,16H,4-8H2,1-3H3,(H2,19,21,22)/b20-14+. The third-order valence-electron chi connectivity index (χ3n) is 4.15. The van der Waals surface area contributed by atoms with Gasteiger partial charge in [-0.05, 0) is 62.9 Å². The zero-order valence-corrected chi connectivity index (χ0v) is 14.7. The molecule has 3 nitrogen and oxygen atoms in total.